The van der Waals surface area contributed by atoms with Crippen LogP contribution in [0.5, 0.6) is 0 Å². The second-order valence-electron chi connectivity index (χ2n) is 3.78. The highest BCUT2D eigenvalue weighted by Gasteiger charge is 2.09. The molecule has 0 bridgehead atoms. The summed E-state index contributed by atoms with van der Waals surface area (Å²) in [6.45, 7) is 1.60. The molecule has 6 nitrogen and oxygen atoms in total. The third kappa shape index (κ3) is 5.09. The van der Waals surface area contributed by atoms with E-state index in [2.05, 4.69) is 26.6 Å². The van der Waals surface area contributed by atoms with Gasteiger partial charge in [0.05, 0.1) is 11.3 Å². The molecule has 0 aliphatic rings. The third-order valence-corrected chi connectivity index (χ3v) is 2.90. The summed E-state index contributed by atoms with van der Waals surface area (Å²) in [6, 6.07) is 4.34. The van der Waals surface area contributed by atoms with Crippen LogP contribution in [0.25, 0.3) is 0 Å². The molecule has 0 spiro atoms. The van der Waals surface area contributed by atoms with Crippen LogP contribution in [0, 0.1) is 0 Å². The molecular formula is C12H13BrN2O4. The summed E-state index contributed by atoms with van der Waals surface area (Å²) >= 11 is 3.22. The zero-order chi connectivity index (χ0) is 14.4. The highest BCUT2D eigenvalue weighted by Crippen LogP contribution is 2.23. The fraction of sp³-hybridized carbons (Fsp3) is 0.250. The Kier molecular flexibility index (Phi) is 5.50. The molecule has 0 saturated carbocycles. The number of amides is 2. The van der Waals surface area contributed by atoms with Crippen molar-refractivity contribution in [3.63, 3.8) is 0 Å². The zero-order valence-corrected chi connectivity index (χ0v) is 11.8. The molecule has 0 aliphatic carbocycles. The lowest BCUT2D eigenvalue weighted by molar-refractivity contribution is -0.119. The lowest BCUT2D eigenvalue weighted by Gasteiger charge is -2.08. The monoisotopic (exact) mass is 328 g/mol. The van der Waals surface area contributed by atoms with Crippen LogP contribution in [0.4, 0.5) is 5.69 Å². The normalized spacial score (nSPS) is 9.79. The van der Waals surface area contributed by atoms with E-state index in [9.17, 15) is 14.4 Å². The summed E-state index contributed by atoms with van der Waals surface area (Å²) in [7, 11) is 0. The Labute approximate surface area is 118 Å². The van der Waals surface area contributed by atoms with Gasteiger partial charge < -0.3 is 15.7 Å². The molecule has 0 heterocycles. The number of rotatable bonds is 5. The molecule has 19 heavy (non-hydrogen) atoms. The molecule has 0 aliphatic heterocycles. The Morgan fingerprint density at radius 1 is 1.32 bits per heavy atom. The van der Waals surface area contributed by atoms with E-state index in [1.54, 1.807) is 6.07 Å². The van der Waals surface area contributed by atoms with Crippen LogP contribution < -0.4 is 10.6 Å². The van der Waals surface area contributed by atoms with Gasteiger partial charge in [-0.1, -0.05) is 0 Å². The summed E-state index contributed by atoms with van der Waals surface area (Å²) in [5, 5.41) is 13.9. The molecule has 2 amide bonds. The van der Waals surface area contributed by atoms with Gasteiger partial charge in [-0.2, -0.15) is 0 Å². The maximum Gasteiger partial charge on any atom is 0.335 e. The van der Waals surface area contributed by atoms with Gasteiger partial charge in [-0.3, -0.25) is 9.59 Å². The minimum absolute atomic E-state index is 0.0837. The van der Waals surface area contributed by atoms with E-state index in [0.29, 0.717) is 10.2 Å². The summed E-state index contributed by atoms with van der Waals surface area (Å²) < 4.78 is 0.588. The lowest BCUT2D eigenvalue weighted by atomic mass is 10.2. The SMILES string of the molecule is CC(=O)NCCC(=O)Nc1cc(C(=O)O)ccc1Br. The molecule has 0 saturated heterocycles. The standard InChI is InChI=1S/C12H13BrN2O4/c1-7(16)14-5-4-11(17)15-10-6-8(12(18)19)2-3-9(10)13/h2-3,6H,4-5H2,1H3,(H,14,16)(H,15,17)(H,18,19). The summed E-state index contributed by atoms with van der Waals surface area (Å²) in [6.07, 6.45) is 0.114. The molecular weight excluding hydrogens is 316 g/mol. The van der Waals surface area contributed by atoms with E-state index in [1.807, 2.05) is 0 Å². The van der Waals surface area contributed by atoms with E-state index in [-0.39, 0.29) is 30.3 Å². The maximum absolute atomic E-state index is 11.6. The first-order valence-corrected chi connectivity index (χ1v) is 6.26. The van der Waals surface area contributed by atoms with E-state index in [1.165, 1.54) is 19.1 Å². The molecule has 0 aromatic heterocycles. The van der Waals surface area contributed by atoms with E-state index < -0.39 is 5.97 Å². The Hall–Kier alpha value is -1.89. The first kappa shape index (κ1) is 15.2. The number of carbonyl (C=O) groups is 3. The number of anilines is 1. The highest BCUT2D eigenvalue weighted by atomic mass is 79.9. The molecule has 1 aromatic rings. The van der Waals surface area contributed by atoms with Gasteiger partial charge in [0.1, 0.15) is 0 Å². The van der Waals surface area contributed by atoms with Crippen LogP contribution in [-0.2, 0) is 9.59 Å². The summed E-state index contributed by atoms with van der Waals surface area (Å²) in [4.78, 5) is 33.1. The number of hydrogen-bond donors (Lipinski definition) is 3. The zero-order valence-electron chi connectivity index (χ0n) is 10.2. The second kappa shape index (κ2) is 6.89. The van der Waals surface area contributed by atoms with E-state index in [0.717, 1.165) is 0 Å². The number of carboxylic acids is 1. The molecule has 1 rings (SSSR count). The number of aromatic carboxylic acids is 1. The van der Waals surface area contributed by atoms with Gasteiger partial charge in [0, 0.05) is 24.4 Å². The van der Waals surface area contributed by atoms with Gasteiger partial charge in [-0.05, 0) is 34.1 Å². The fourth-order valence-electron chi connectivity index (χ4n) is 1.32. The van der Waals surface area contributed by atoms with E-state index in [4.69, 9.17) is 5.11 Å². The Bertz CT molecular complexity index is 516. The smallest absolute Gasteiger partial charge is 0.335 e. The predicted octanol–water partition coefficient (Wildman–Crippen LogP) is 1.61. The second-order valence-corrected chi connectivity index (χ2v) is 4.64. The number of nitrogens with one attached hydrogen (secondary N) is 2. The minimum Gasteiger partial charge on any atom is -0.478 e. The van der Waals surface area contributed by atoms with Crippen LogP contribution in [0.1, 0.15) is 23.7 Å². The number of halogens is 1. The topological polar surface area (TPSA) is 95.5 Å². The molecule has 3 N–H and O–H groups in total. The van der Waals surface area contributed by atoms with Crippen molar-refractivity contribution < 1.29 is 19.5 Å². The van der Waals surface area contributed by atoms with Gasteiger partial charge in [0.2, 0.25) is 11.8 Å². The molecule has 1 aromatic carbocycles. The first-order valence-electron chi connectivity index (χ1n) is 5.47. The van der Waals surface area contributed by atoms with Crippen molar-refractivity contribution in [1.29, 1.82) is 0 Å². The third-order valence-electron chi connectivity index (χ3n) is 2.21. The fourth-order valence-corrected chi connectivity index (χ4v) is 1.66. The number of hydrogen-bond acceptors (Lipinski definition) is 3. The quantitative estimate of drug-likeness (QED) is 0.765. The molecule has 7 heteroatoms. The largest absolute Gasteiger partial charge is 0.478 e. The Balaban J connectivity index is 2.65. The lowest BCUT2D eigenvalue weighted by Crippen LogP contribution is -2.25. The van der Waals surface area contributed by atoms with Gasteiger partial charge in [-0.25, -0.2) is 4.79 Å². The van der Waals surface area contributed by atoms with Crippen molar-refractivity contribution in [2.24, 2.45) is 0 Å². The van der Waals surface area contributed by atoms with Crippen molar-refractivity contribution in [3.05, 3.63) is 28.2 Å². The average Bonchev–Trinajstić information content (AvgIpc) is 2.31. The van der Waals surface area contributed by atoms with Crippen molar-refractivity contribution >= 4 is 39.4 Å². The van der Waals surface area contributed by atoms with Crippen molar-refractivity contribution in [1.82, 2.24) is 5.32 Å². The Morgan fingerprint density at radius 3 is 2.58 bits per heavy atom. The van der Waals surface area contributed by atoms with Gasteiger partial charge in [0.15, 0.2) is 0 Å². The maximum atomic E-state index is 11.6. The number of benzene rings is 1. The van der Waals surface area contributed by atoms with Crippen molar-refractivity contribution in [3.8, 4) is 0 Å². The highest BCUT2D eigenvalue weighted by molar-refractivity contribution is 9.10. The van der Waals surface area contributed by atoms with Crippen molar-refractivity contribution in [2.75, 3.05) is 11.9 Å². The van der Waals surface area contributed by atoms with E-state index >= 15 is 0 Å². The van der Waals surface area contributed by atoms with Gasteiger partial charge >= 0.3 is 5.97 Å². The average molecular weight is 329 g/mol. The molecule has 0 unspecified atom stereocenters. The van der Waals surface area contributed by atoms with Crippen LogP contribution in [-0.4, -0.2) is 29.4 Å². The van der Waals surface area contributed by atoms with Crippen LogP contribution in [0.15, 0.2) is 22.7 Å². The number of carbonyl (C=O) groups excluding carboxylic acids is 2. The molecule has 0 atom stereocenters. The van der Waals surface area contributed by atoms with Crippen LogP contribution in [0.3, 0.4) is 0 Å². The van der Waals surface area contributed by atoms with Gasteiger partial charge in [0.25, 0.3) is 0 Å². The number of carboxylic acid groups (broad SMARTS) is 1. The minimum atomic E-state index is -1.07. The summed E-state index contributed by atoms with van der Waals surface area (Å²) in [5.41, 5.74) is 0.466. The summed E-state index contributed by atoms with van der Waals surface area (Å²) in [5.74, 6) is -1.58. The van der Waals surface area contributed by atoms with Crippen LogP contribution in [0.2, 0.25) is 0 Å². The molecule has 0 fully saturated rings. The van der Waals surface area contributed by atoms with Crippen molar-refractivity contribution in [2.45, 2.75) is 13.3 Å². The molecule has 0 radical (unpaired) electrons. The molecule has 102 valence electrons. The first-order chi connectivity index (χ1) is 8.90. The predicted molar refractivity (Wildman–Crippen MR) is 73.0 cm³/mol. The van der Waals surface area contributed by atoms with Crippen LogP contribution >= 0.6 is 15.9 Å². The Morgan fingerprint density at radius 2 is 2.00 bits per heavy atom. The van der Waals surface area contributed by atoms with Gasteiger partial charge in [-0.15, -0.1) is 0 Å².